The monoisotopic (exact) mass is 245 g/mol. The molecule has 2 heterocycles. The van der Waals surface area contributed by atoms with Crippen LogP contribution in [-0.2, 0) is 16.1 Å². The summed E-state index contributed by atoms with van der Waals surface area (Å²) in [5.41, 5.74) is 1.66. The van der Waals surface area contributed by atoms with Gasteiger partial charge in [0, 0.05) is 24.0 Å². The molecule has 0 bridgehead atoms. The third kappa shape index (κ3) is 3.07. The largest absolute Gasteiger partial charge is 0.469 e. The van der Waals surface area contributed by atoms with Gasteiger partial charge in [-0.3, -0.25) is 14.8 Å². The van der Waals surface area contributed by atoms with Crippen LogP contribution in [0.5, 0.6) is 0 Å². The quantitative estimate of drug-likeness (QED) is 0.575. The van der Waals surface area contributed by atoms with Gasteiger partial charge in [-0.05, 0) is 5.10 Å². The van der Waals surface area contributed by atoms with Crippen LogP contribution in [0.3, 0.4) is 0 Å². The molecule has 18 heavy (non-hydrogen) atoms. The van der Waals surface area contributed by atoms with E-state index >= 15 is 0 Å². The normalized spacial score (nSPS) is 10.1. The number of carbonyl (C=O) groups is 1. The maximum atomic E-state index is 11.0. The molecule has 0 unspecified atom stereocenters. The predicted molar refractivity (Wildman–Crippen MR) is 62.1 cm³/mol. The van der Waals surface area contributed by atoms with Gasteiger partial charge >= 0.3 is 5.97 Å². The summed E-state index contributed by atoms with van der Waals surface area (Å²) in [6.45, 7) is 0.493. The summed E-state index contributed by atoms with van der Waals surface area (Å²) < 4.78 is 6.24. The number of hydrogen-bond donors (Lipinski definition) is 0. The molecule has 2 aromatic rings. The molecule has 0 amide bonds. The number of esters is 1. The lowest BCUT2D eigenvalue weighted by molar-refractivity contribution is -0.752. The Balaban J connectivity index is 2.04. The fourth-order valence-electron chi connectivity index (χ4n) is 1.42. The zero-order chi connectivity index (χ0) is 12.8. The average Bonchev–Trinajstić information content (AvgIpc) is 2.46. The summed E-state index contributed by atoms with van der Waals surface area (Å²) in [6, 6.07) is 1.88. The molecule has 0 saturated heterocycles. The van der Waals surface area contributed by atoms with Crippen molar-refractivity contribution in [3.8, 4) is 11.3 Å². The van der Waals surface area contributed by atoms with Gasteiger partial charge in [-0.2, -0.15) is 0 Å². The van der Waals surface area contributed by atoms with E-state index in [1.54, 1.807) is 35.7 Å². The molecule has 6 heteroatoms. The Kier molecular flexibility index (Phi) is 3.90. The molecular weight excluding hydrogens is 232 g/mol. The lowest BCUT2D eigenvalue weighted by atomic mass is 10.2. The van der Waals surface area contributed by atoms with E-state index in [1.807, 2.05) is 6.07 Å². The van der Waals surface area contributed by atoms with Crippen molar-refractivity contribution >= 4 is 5.97 Å². The molecule has 2 aromatic heterocycles. The first-order valence-corrected chi connectivity index (χ1v) is 5.48. The summed E-state index contributed by atoms with van der Waals surface area (Å²) in [4.78, 5) is 19.2. The Morgan fingerprint density at radius 1 is 1.39 bits per heavy atom. The van der Waals surface area contributed by atoms with Crippen molar-refractivity contribution in [3.63, 3.8) is 0 Å². The standard InChI is InChI=1S/C12H13N4O2/c1-18-12(17)3-7-16-6-2-10(8-15-16)11-9-13-4-5-14-11/h2,4-6,8-9H,3,7H2,1H3/q+1. The van der Waals surface area contributed by atoms with E-state index in [1.165, 1.54) is 7.11 Å². The van der Waals surface area contributed by atoms with Crippen LogP contribution in [0.15, 0.2) is 37.1 Å². The smallest absolute Gasteiger partial charge is 0.312 e. The fourth-order valence-corrected chi connectivity index (χ4v) is 1.42. The van der Waals surface area contributed by atoms with E-state index in [-0.39, 0.29) is 5.97 Å². The number of carbonyl (C=O) groups excluding carboxylic acids is 1. The molecular formula is C12H13N4O2+. The minimum absolute atomic E-state index is 0.248. The van der Waals surface area contributed by atoms with Gasteiger partial charge in [0.1, 0.15) is 12.6 Å². The van der Waals surface area contributed by atoms with E-state index in [0.29, 0.717) is 13.0 Å². The molecule has 0 aliphatic heterocycles. The van der Waals surface area contributed by atoms with Gasteiger partial charge in [0.05, 0.1) is 19.0 Å². The van der Waals surface area contributed by atoms with E-state index in [2.05, 4.69) is 19.8 Å². The second-order valence-corrected chi connectivity index (χ2v) is 3.60. The molecule has 0 aliphatic carbocycles. The first-order valence-electron chi connectivity index (χ1n) is 5.48. The highest BCUT2D eigenvalue weighted by Crippen LogP contribution is 2.11. The third-order valence-corrected chi connectivity index (χ3v) is 2.40. The molecule has 0 radical (unpaired) electrons. The van der Waals surface area contributed by atoms with Crippen LogP contribution in [0.25, 0.3) is 11.3 Å². The second kappa shape index (κ2) is 5.81. The maximum absolute atomic E-state index is 11.0. The summed E-state index contributed by atoms with van der Waals surface area (Å²) >= 11 is 0. The summed E-state index contributed by atoms with van der Waals surface area (Å²) in [6.07, 6.45) is 8.73. The van der Waals surface area contributed by atoms with Gasteiger partial charge in [0.15, 0.2) is 12.7 Å². The zero-order valence-corrected chi connectivity index (χ0v) is 9.98. The molecule has 0 aliphatic rings. The topological polar surface area (TPSA) is 68.8 Å². The highest BCUT2D eigenvalue weighted by Gasteiger charge is 2.08. The van der Waals surface area contributed by atoms with Gasteiger partial charge in [-0.25, -0.2) is 0 Å². The van der Waals surface area contributed by atoms with Crippen LogP contribution in [0, 0.1) is 0 Å². The lowest BCUT2D eigenvalue weighted by Crippen LogP contribution is -2.38. The number of aromatic nitrogens is 4. The van der Waals surface area contributed by atoms with Gasteiger partial charge in [0.25, 0.3) is 0 Å². The highest BCUT2D eigenvalue weighted by molar-refractivity contribution is 5.68. The van der Waals surface area contributed by atoms with Crippen molar-refractivity contribution in [2.45, 2.75) is 13.0 Å². The Morgan fingerprint density at radius 3 is 2.89 bits per heavy atom. The van der Waals surface area contributed by atoms with Crippen LogP contribution < -0.4 is 4.68 Å². The van der Waals surface area contributed by atoms with Crippen LogP contribution in [0.1, 0.15) is 6.42 Å². The lowest BCUT2D eigenvalue weighted by Gasteiger charge is -1.98. The Morgan fingerprint density at radius 2 is 2.28 bits per heavy atom. The molecule has 0 spiro atoms. The van der Waals surface area contributed by atoms with Crippen molar-refractivity contribution in [2.75, 3.05) is 7.11 Å². The van der Waals surface area contributed by atoms with Crippen molar-refractivity contribution in [2.24, 2.45) is 0 Å². The Labute approximate surface area is 104 Å². The summed E-state index contributed by atoms with van der Waals surface area (Å²) in [5, 5.41) is 4.20. The van der Waals surface area contributed by atoms with E-state index < -0.39 is 0 Å². The van der Waals surface area contributed by atoms with E-state index in [0.717, 1.165) is 11.3 Å². The predicted octanol–water partition coefficient (Wildman–Crippen LogP) is 0.389. The van der Waals surface area contributed by atoms with Crippen LogP contribution in [0.2, 0.25) is 0 Å². The zero-order valence-electron chi connectivity index (χ0n) is 9.98. The fraction of sp³-hybridized carbons (Fsp3) is 0.250. The van der Waals surface area contributed by atoms with Gasteiger partial charge in [0.2, 0.25) is 0 Å². The number of nitrogens with zero attached hydrogens (tertiary/aromatic N) is 4. The minimum atomic E-state index is -0.248. The van der Waals surface area contributed by atoms with Crippen molar-refractivity contribution in [3.05, 3.63) is 37.1 Å². The van der Waals surface area contributed by atoms with E-state index in [4.69, 9.17) is 0 Å². The number of methoxy groups -OCH3 is 1. The van der Waals surface area contributed by atoms with Gasteiger partial charge in [-0.15, -0.1) is 0 Å². The molecule has 0 atom stereocenters. The first kappa shape index (κ1) is 12.1. The van der Waals surface area contributed by atoms with Crippen molar-refractivity contribution < 1.29 is 14.2 Å². The number of hydrogen-bond acceptors (Lipinski definition) is 5. The number of rotatable bonds is 4. The molecule has 2 rings (SSSR count). The van der Waals surface area contributed by atoms with Crippen molar-refractivity contribution in [1.29, 1.82) is 0 Å². The van der Waals surface area contributed by atoms with Crippen LogP contribution in [0.4, 0.5) is 0 Å². The average molecular weight is 245 g/mol. The highest BCUT2D eigenvalue weighted by atomic mass is 16.5. The summed E-state index contributed by atoms with van der Waals surface area (Å²) in [7, 11) is 1.37. The molecule has 0 N–H and O–H groups in total. The number of aryl methyl sites for hydroxylation is 1. The van der Waals surface area contributed by atoms with E-state index in [9.17, 15) is 4.79 Å². The first-order chi connectivity index (χ1) is 8.79. The van der Waals surface area contributed by atoms with Crippen LogP contribution >= 0.6 is 0 Å². The molecule has 92 valence electrons. The van der Waals surface area contributed by atoms with Crippen molar-refractivity contribution in [1.82, 2.24) is 15.1 Å². The molecule has 6 nitrogen and oxygen atoms in total. The van der Waals surface area contributed by atoms with Crippen LogP contribution in [-0.4, -0.2) is 28.1 Å². The molecule has 0 saturated carbocycles. The maximum Gasteiger partial charge on any atom is 0.312 e. The Hall–Kier alpha value is -2.37. The minimum Gasteiger partial charge on any atom is -0.469 e. The molecule has 0 fully saturated rings. The second-order valence-electron chi connectivity index (χ2n) is 3.60. The SMILES string of the molecule is COC(=O)CC[n+]1ccc(-c2cnccn2)cn1. The Bertz CT molecular complexity index is 513. The summed E-state index contributed by atoms with van der Waals surface area (Å²) in [5.74, 6) is -0.248. The third-order valence-electron chi connectivity index (χ3n) is 2.40. The molecule has 0 aromatic carbocycles. The van der Waals surface area contributed by atoms with Gasteiger partial charge < -0.3 is 4.74 Å². The van der Waals surface area contributed by atoms with Gasteiger partial charge in [-0.1, -0.05) is 4.68 Å². The number of ether oxygens (including phenoxy) is 1.